The number of nitrogens with zero attached hydrogens (tertiary/aromatic N) is 1. The van der Waals surface area contributed by atoms with E-state index in [2.05, 4.69) is 20.9 Å². The van der Waals surface area contributed by atoms with Crippen molar-refractivity contribution in [3.8, 4) is 0 Å². The first-order valence-corrected chi connectivity index (χ1v) is 13.3. The predicted molar refractivity (Wildman–Crippen MR) is 141 cm³/mol. The lowest BCUT2D eigenvalue weighted by Crippen LogP contribution is -2.57. The van der Waals surface area contributed by atoms with E-state index in [9.17, 15) is 29.1 Å². The molecular formula is C22H41N7O7S. The van der Waals surface area contributed by atoms with E-state index in [4.69, 9.17) is 22.3 Å². The van der Waals surface area contributed by atoms with Crippen LogP contribution in [0.3, 0.4) is 0 Å². The molecule has 0 heterocycles. The Morgan fingerprint density at radius 2 is 1.41 bits per heavy atom. The summed E-state index contributed by atoms with van der Waals surface area (Å²) in [5.41, 5.74) is 16.5. The highest BCUT2D eigenvalue weighted by Crippen LogP contribution is 2.08. The van der Waals surface area contributed by atoms with Gasteiger partial charge in [-0.1, -0.05) is 13.8 Å². The highest BCUT2D eigenvalue weighted by atomic mass is 32.2. The van der Waals surface area contributed by atoms with Gasteiger partial charge in [-0.25, -0.2) is 4.79 Å². The van der Waals surface area contributed by atoms with Gasteiger partial charge in [-0.05, 0) is 50.0 Å². The lowest BCUT2D eigenvalue weighted by atomic mass is 10.0. The summed E-state index contributed by atoms with van der Waals surface area (Å²) in [6.07, 6.45) is 2.04. The average molecular weight is 548 g/mol. The van der Waals surface area contributed by atoms with Crippen LogP contribution in [0.25, 0.3) is 0 Å². The van der Waals surface area contributed by atoms with Crippen LogP contribution in [0.2, 0.25) is 0 Å². The third-order valence-corrected chi connectivity index (χ3v) is 5.79. The number of rotatable bonds is 19. The SMILES string of the molecule is CSCCC(N)C(=O)NC(CCCN=C(N)N)C(=O)NC(CCC(=O)O)C(=O)NC(CC(C)C)C(=O)O. The van der Waals surface area contributed by atoms with E-state index in [-0.39, 0.29) is 37.7 Å². The Kier molecular flexibility index (Phi) is 16.7. The molecule has 3 amide bonds. The van der Waals surface area contributed by atoms with Crippen LogP contribution in [-0.2, 0) is 24.0 Å². The number of aliphatic carboxylic acids is 2. The van der Waals surface area contributed by atoms with E-state index in [1.54, 1.807) is 13.8 Å². The van der Waals surface area contributed by atoms with Crippen molar-refractivity contribution in [2.45, 2.75) is 76.5 Å². The first-order chi connectivity index (χ1) is 17.3. The molecule has 0 aromatic rings. The summed E-state index contributed by atoms with van der Waals surface area (Å²) >= 11 is 1.51. The number of carbonyl (C=O) groups is 5. The van der Waals surface area contributed by atoms with Gasteiger partial charge in [0.1, 0.15) is 18.1 Å². The van der Waals surface area contributed by atoms with Gasteiger partial charge in [0.05, 0.1) is 6.04 Å². The molecule has 0 aliphatic carbocycles. The van der Waals surface area contributed by atoms with Crippen LogP contribution in [0.4, 0.5) is 0 Å². The van der Waals surface area contributed by atoms with Gasteiger partial charge in [0.25, 0.3) is 0 Å². The fraction of sp³-hybridized carbons (Fsp3) is 0.727. The summed E-state index contributed by atoms with van der Waals surface area (Å²) in [7, 11) is 0. The molecule has 15 heteroatoms. The highest BCUT2D eigenvalue weighted by molar-refractivity contribution is 7.98. The minimum absolute atomic E-state index is 0.0476. The summed E-state index contributed by atoms with van der Waals surface area (Å²) < 4.78 is 0. The van der Waals surface area contributed by atoms with Crippen LogP contribution >= 0.6 is 11.8 Å². The molecule has 0 aliphatic heterocycles. The molecule has 0 fully saturated rings. The summed E-state index contributed by atoms with van der Waals surface area (Å²) in [4.78, 5) is 65.0. The second-order valence-corrected chi connectivity index (χ2v) is 9.91. The van der Waals surface area contributed by atoms with E-state index in [0.717, 1.165) is 0 Å². The molecule has 37 heavy (non-hydrogen) atoms. The lowest BCUT2D eigenvalue weighted by molar-refractivity contribution is -0.143. The van der Waals surface area contributed by atoms with Crippen molar-refractivity contribution in [3.63, 3.8) is 0 Å². The Balaban J connectivity index is 5.65. The van der Waals surface area contributed by atoms with Crippen molar-refractivity contribution in [3.05, 3.63) is 0 Å². The van der Waals surface area contributed by atoms with Crippen molar-refractivity contribution in [2.75, 3.05) is 18.6 Å². The zero-order valence-electron chi connectivity index (χ0n) is 21.6. The maximum Gasteiger partial charge on any atom is 0.326 e. The van der Waals surface area contributed by atoms with E-state index in [1.807, 2.05) is 6.26 Å². The van der Waals surface area contributed by atoms with Gasteiger partial charge in [-0.2, -0.15) is 11.8 Å². The largest absolute Gasteiger partial charge is 0.481 e. The van der Waals surface area contributed by atoms with Gasteiger partial charge in [0, 0.05) is 13.0 Å². The van der Waals surface area contributed by atoms with Gasteiger partial charge in [0.15, 0.2) is 5.96 Å². The average Bonchev–Trinajstić information content (AvgIpc) is 2.80. The predicted octanol–water partition coefficient (Wildman–Crippen LogP) is -1.43. The van der Waals surface area contributed by atoms with Gasteiger partial charge in [-0.15, -0.1) is 0 Å². The van der Waals surface area contributed by atoms with Crippen molar-refractivity contribution in [1.29, 1.82) is 0 Å². The molecule has 0 spiro atoms. The molecule has 0 radical (unpaired) electrons. The third-order valence-electron chi connectivity index (χ3n) is 5.15. The molecule has 0 aromatic heterocycles. The standard InChI is InChI=1S/C22H41N7O7S/c1-12(2)11-16(21(35)36)29-20(34)15(6-7-17(30)31)28-19(33)14(5-4-9-26-22(24)25)27-18(32)13(23)8-10-37-3/h12-16H,4-11,23H2,1-3H3,(H,27,32)(H,28,33)(H,29,34)(H,30,31)(H,35,36)(H4,24,25,26). The van der Waals surface area contributed by atoms with E-state index < -0.39 is 60.2 Å². The molecule has 4 unspecified atom stereocenters. The summed E-state index contributed by atoms with van der Waals surface area (Å²) in [6.45, 7) is 3.75. The number of hydrogen-bond acceptors (Lipinski definition) is 8. The van der Waals surface area contributed by atoms with Gasteiger partial charge >= 0.3 is 11.9 Å². The van der Waals surface area contributed by atoms with Crippen molar-refractivity contribution in [2.24, 2.45) is 28.1 Å². The maximum absolute atomic E-state index is 13.1. The van der Waals surface area contributed by atoms with E-state index >= 15 is 0 Å². The third kappa shape index (κ3) is 15.6. The fourth-order valence-electron chi connectivity index (χ4n) is 3.20. The van der Waals surface area contributed by atoms with Crippen LogP contribution in [0.5, 0.6) is 0 Å². The minimum atomic E-state index is -1.35. The monoisotopic (exact) mass is 547 g/mol. The number of hydrogen-bond donors (Lipinski definition) is 8. The topological polar surface area (TPSA) is 252 Å². The Hall–Kier alpha value is -3.07. The summed E-state index contributed by atoms with van der Waals surface area (Å²) in [6, 6.07) is -4.55. The number of nitrogens with two attached hydrogens (primary N) is 3. The maximum atomic E-state index is 13.1. The quantitative estimate of drug-likeness (QED) is 0.0528. The second-order valence-electron chi connectivity index (χ2n) is 8.92. The number of carboxylic acids is 2. The molecule has 212 valence electrons. The number of amides is 3. The highest BCUT2D eigenvalue weighted by Gasteiger charge is 2.30. The molecule has 0 rings (SSSR count). The molecule has 0 bridgehead atoms. The molecule has 0 aromatic carbocycles. The zero-order valence-corrected chi connectivity index (χ0v) is 22.4. The van der Waals surface area contributed by atoms with E-state index in [0.29, 0.717) is 18.6 Å². The molecule has 0 saturated carbocycles. The van der Waals surface area contributed by atoms with Crippen LogP contribution in [0.1, 0.15) is 52.4 Å². The Bertz CT molecular complexity index is 806. The molecule has 0 saturated heterocycles. The fourth-order valence-corrected chi connectivity index (χ4v) is 3.69. The Labute approximate surface area is 220 Å². The number of nitrogens with one attached hydrogen (secondary N) is 3. The Morgan fingerprint density at radius 3 is 1.89 bits per heavy atom. The second kappa shape index (κ2) is 18.2. The van der Waals surface area contributed by atoms with Crippen LogP contribution in [0, 0.1) is 5.92 Å². The van der Waals surface area contributed by atoms with Gasteiger partial charge in [0.2, 0.25) is 17.7 Å². The molecule has 11 N–H and O–H groups in total. The zero-order chi connectivity index (χ0) is 28.5. The van der Waals surface area contributed by atoms with Crippen LogP contribution < -0.4 is 33.2 Å². The molecule has 14 nitrogen and oxygen atoms in total. The number of aliphatic imine (C=N–C) groups is 1. The van der Waals surface area contributed by atoms with Crippen molar-refractivity contribution < 1.29 is 34.2 Å². The molecule has 4 atom stereocenters. The van der Waals surface area contributed by atoms with Crippen molar-refractivity contribution >= 4 is 47.4 Å². The van der Waals surface area contributed by atoms with Crippen LogP contribution in [-0.4, -0.2) is 88.6 Å². The lowest BCUT2D eigenvalue weighted by Gasteiger charge is -2.25. The number of guanidine groups is 1. The number of thioether (sulfide) groups is 1. The number of carbonyl (C=O) groups excluding carboxylic acids is 3. The summed E-state index contributed by atoms with van der Waals surface area (Å²) in [5.74, 6) is -4.17. The normalized spacial score (nSPS) is 14.1. The molecular weight excluding hydrogens is 506 g/mol. The number of carboxylic acid groups (broad SMARTS) is 2. The summed E-state index contributed by atoms with van der Waals surface area (Å²) in [5, 5.41) is 25.9. The van der Waals surface area contributed by atoms with E-state index in [1.165, 1.54) is 11.8 Å². The van der Waals surface area contributed by atoms with Gasteiger partial charge in [-0.3, -0.25) is 24.2 Å². The minimum Gasteiger partial charge on any atom is -0.481 e. The molecule has 0 aliphatic rings. The first kappa shape index (κ1) is 33.9. The smallest absolute Gasteiger partial charge is 0.326 e. The van der Waals surface area contributed by atoms with Crippen molar-refractivity contribution in [1.82, 2.24) is 16.0 Å². The van der Waals surface area contributed by atoms with Gasteiger partial charge < -0.3 is 43.4 Å². The Morgan fingerprint density at radius 1 is 0.865 bits per heavy atom. The van der Waals surface area contributed by atoms with Crippen LogP contribution in [0.15, 0.2) is 4.99 Å². The first-order valence-electron chi connectivity index (χ1n) is 11.9.